The van der Waals surface area contributed by atoms with Crippen LogP contribution in [0.2, 0.25) is 0 Å². The summed E-state index contributed by atoms with van der Waals surface area (Å²) in [6.07, 6.45) is 4.02. The number of aryl methyl sites for hydroxylation is 1. The van der Waals surface area contributed by atoms with E-state index < -0.39 is 19.7 Å². The lowest BCUT2D eigenvalue weighted by Gasteiger charge is -2.34. The molecule has 1 fully saturated rings. The molecule has 0 saturated carbocycles. The Labute approximate surface area is 158 Å². The first-order valence-corrected chi connectivity index (χ1v) is 12.6. The summed E-state index contributed by atoms with van der Waals surface area (Å²) in [5.41, 5.74) is 0.948. The molecule has 9 heteroatoms. The maximum atomic E-state index is 13.2. The molecule has 3 rings (SSSR count). The molecule has 1 saturated heterocycles. The summed E-state index contributed by atoms with van der Waals surface area (Å²) in [5.74, 6) is 0. The van der Waals surface area contributed by atoms with Crippen LogP contribution in [0.4, 0.5) is 5.00 Å². The Balaban J connectivity index is 2.19. The molecule has 0 N–H and O–H groups in total. The summed E-state index contributed by atoms with van der Waals surface area (Å²) in [7, 11) is -7.50. The molecule has 2 aromatic rings. The molecule has 0 bridgehead atoms. The van der Waals surface area contributed by atoms with Crippen LogP contribution < -0.4 is 4.90 Å². The molecule has 6 nitrogen and oxygen atoms in total. The fourth-order valence-electron chi connectivity index (χ4n) is 3.02. The van der Waals surface area contributed by atoms with E-state index in [2.05, 4.69) is 4.98 Å². The SMILES string of the molecule is Cc1ccc(S(=O)(=O)c2nc(S(C)(=O)=O)sc2N2CCCC[C@H]2C)cc1. The highest BCUT2D eigenvalue weighted by Crippen LogP contribution is 2.39. The predicted octanol–water partition coefficient (Wildman–Crippen LogP) is 3.07. The van der Waals surface area contributed by atoms with Crippen LogP contribution >= 0.6 is 11.3 Å². The van der Waals surface area contributed by atoms with E-state index in [1.54, 1.807) is 12.1 Å². The topological polar surface area (TPSA) is 84.4 Å². The fraction of sp³-hybridized carbons (Fsp3) is 0.471. The van der Waals surface area contributed by atoms with Crippen LogP contribution in [0.25, 0.3) is 0 Å². The number of sulfone groups is 2. The van der Waals surface area contributed by atoms with Crippen LogP contribution in [-0.2, 0) is 19.7 Å². The third-order valence-electron chi connectivity index (χ3n) is 4.53. The standard InChI is InChI=1S/C17H22N2O4S3/c1-12-7-9-14(10-8-12)26(22,23)15-16(19-11-5-4-6-13(19)2)24-17(18-15)25(3,20)21/h7-10,13H,4-6,11H2,1-3H3/t13-/m1/s1. The van der Waals surface area contributed by atoms with Crippen molar-refractivity contribution in [1.29, 1.82) is 0 Å². The molecule has 0 radical (unpaired) electrons. The first-order valence-electron chi connectivity index (χ1n) is 8.40. The Morgan fingerprint density at radius 1 is 1.12 bits per heavy atom. The lowest BCUT2D eigenvalue weighted by atomic mass is 10.0. The van der Waals surface area contributed by atoms with Crippen molar-refractivity contribution in [3.63, 3.8) is 0 Å². The van der Waals surface area contributed by atoms with Crippen molar-refractivity contribution in [3.8, 4) is 0 Å². The van der Waals surface area contributed by atoms with Crippen LogP contribution in [0, 0.1) is 6.92 Å². The van der Waals surface area contributed by atoms with Gasteiger partial charge in [-0.3, -0.25) is 0 Å². The van der Waals surface area contributed by atoms with Gasteiger partial charge in [0.05, 0.1) is 4.90 Å². The normalized spacial score (nSPS) is 18.9. The van der Waals surface area contributed by atoms with Gasteiger partial charge >= 0.3 is 0 Å². The molecule has 1 aromatic heterocycles. The number of thiazole rings is 1. The highest BCUT2D eigenvalue weighted by atomic mass is 32.2. The number of hydrogen-bond donors (Lipinski definition) is 0. The molecule has 2 heterocycles. The molecular formula is C17H22N2O4S3. The van der Waals surface area contributed by atoms with E-state index in [1.807, 2.05) is 18.7 Å². The number of hydrogen-bond acceptors (Lipinski definition) is 7. The first-order chi connectivity index (χ1) is 12.1. The molecule has 1 aliphatic rings. The van der Waals surface area contributed by atoms with E-state index in [9.17, 15) is 16.8 Å². The van der Waals surface area contributed by atoms with Crippen LogP contribution in [0.5, 0.6) is 0 Å². The third kappa shape index (κ3) is 3.65. The average Bonchev–Trinajstić information content (AvgIpc) is 3.02. The lowest BCUT2D eigenvalue weighted by molar-refractivity contribution is 0.484. The van der Waals surface area contributed by atoms with Crippen LogP contribution in [-0.4, -0.2) is 40.7 Å². The summed E-state index contributed by atoms with van der Waals surface area (Å²) in [5, 5.41) is 0.277. The number of piperidine rings is 1. The summed E-state index contributed by atoms with van der Waals surface area (Å²) in [6, 6.07) is 6.66. The number of nitrogens with zero attached hydrogens (tertiary/aromatic N) is 2. The number of benzene rings is 1. The van der Waals surface area contributed by atoms with Gasteiger partial charge in [-0.15, -0.1) is 0 Å². The first kappa shape index (κ1) is 19.3. The number of aromatic nitrogens is 1. The summed E-state index contributed by atoms with van der Waals surface area (Å²) in [6.45, 7) is 4.60. The summed E-state index contributed by atoms with van der Waals surface area (Å²) in [4.78, 5) is 6.17. The van der Waals surface area contributed by atoms with Crippen molar-refractivity contribution in [2.24, 2.45) is 0 Å². The highest BCUT2D eigenvalue weighted by Gasteiger charge is 2.33. The van der Waals surface area contributed by atoms with Crippen molar-refractivity contribution < 1.29 is 16.8 Å². The van der Waals surface area contributed by atoms with E-state index in [1.165, 1.54) is 12.1 Å². The van der Waals surface area contributed by atoms with Crippen molar-refractivity contribution in [2.75, 3.05) is 17.7 Å². The fourth-order valence-corrected chi connectivity index (χ4v) is 6.79. The Hall–Kier alpha value is -1.45. The zero-order chi connectivity index (χ0) is 19.1. The van der Waals surface area contributed by atoms with Crippen molar-refractivity contribution in [3.05, 3.63) is 29.8 Å². The zero-order valence-corrected chi connectivity index (χ0v) is 17.4. The van der Waals surface area contributed by atoms with Crippen molar-refractivity contribution >= 4 is 36.0 Å². The van der Waals surface area contributed by atoms with Crippen molar-refractivity contribution in [2.45, 2.75) is 53.4 Å². The minimum absolute atomic E-state index is 0.124. The maximum Gasteiger partial charge on any atom is 0.226 e. The second-order valence-electron chi connectivity index (χ2n) is 6.72. The zero-order valence-electron chi connectivity index (χ0n) is 15.0. The minimum Gasteiger partial charge on any atom is -0.358 e. The minimum atomic E-state index is -3.91. The lowest BCUT2D eigenvalue weighted by Crippen LogP contribution is -2.37. The number of anilines is 1. The smallest absolute Gasteiger partial charge is 0.226 e. The molecule has 1 atom stereocenters. The van der Waals surface area contributed by atoms with E-state index in [-0.39, 0.29) is 20.3 Å². The van der Waals surface area contributed by atoms with Gasteiger partial charge in [0.2, 0.25) is 24.0 Å². The van der Waals surface area contributed by atoms with Crippen LogP contribution in [0.15, 0.2) is 38.5 Å². The summed E-state index contributed by atoms with van der Waals surface area (Å²) >= 11 is 0.949. The van der Waals surface area contributed by atoms with E-state index in [0.717, 1.165) is 42.4 Å². The van der Waals surface area contributed by atoms with E-state index in [4.69, 9.17) is 0 Å². The van der Waals surface area contributed by atoms with Gasteiger partial charge < -0.3 is 4.90 Å². The van der Waals surface area contributed by atoms with Crippen molar-refractivity contribution in [1.82, 2.24) is 4.98 Å². The average molecular weight is 415 g/mol. The monoisotopic (exact) mass is 414 g/mol. The maximum absolute atomic E-state index is 13.2. The molecule has 0 spiro atoms. The Morgan fingerprint density at radius 3 is 2.35 bits per heavy atom. The molecule has 0 amide bonds. The molecular weight excluding hydrogens is 392 g/mol. The van der Waals surface area contributed by atoms with Gasteiger partial charge in [0, 0.05) is 18.8 Å². The molecule has 0 unspecified atom stereocenters. The summed E-state index contributed by atoms with van der Waals surface area (Å²) < 4.78 is 50.2. The van der Waals surface area contributed by atoms with E-state index >= 15 is 0 Å². The third-order valence-corrected chi connectivity index (χ3v) is 9.11. The quantitative estimate of drug-likeness (QED) is 0.764. The second kappa shape index (κ2) is 6.94. The van der Waals surface area contributed by atoms with Gasteiger partial charge in [-0.1, -0.05) is 29.0 Å². The Bertz CT molecular complexity index is 1010. The largest absolute Gasteiger partial charge is 0.358 e. The molecule has 1 aromatic carbocycles. The Morgan fingerprint density at radius 2 is 1.77 bits per heavy atom. The van der Waals surface area contributed by atoms with Crippen LogP contribution in [0.3, 0.4) is 0 Å². The van der Waals surface area contributed by atoms with Gasteiger partial charge in [-0.25, -0.2) is 21.8 Å². The molecule has 142 valence electrons. The van der Waals surface area contributed by atoms with Gasteiger partial charge in [-0.05, 0) is 45.2 Å². The van der Waals surface area contributed by atoms with Gasteiger partial charge in [0.1, 0.15) is 5.00 Å². The van der Waals surface area contributed by atoms with E-state index in [0.29, 0.717) is 11.5 Å². The second-order valence-corrected chi connectivity index (χ2v) is 11.7. The molecule has 1 aliphatic heterocycles. The van der Waals surface area contributed by atoms with Gasteiger partial charge in [-0.2, -0.15) is 0 Å². The van der Waals surface area contributed by atoms with Gasteiger partial charge in [0.25, 0.3) is 0 Å². The van der Waals surface area contributed by atoms with Crippen LogP contribution in [0.1, 0.15) is 31.7 Å². The molecule has 26 heavy (non-hydrogen) atoms. The van der Waals surface area contributed by atoms with Gasteiger partial charge in [0.15, 0.2) is 5.03 Å². The number of rotatable bonds is 4. The predicted molar refractivity (Wildman–Crippen MR) is 103 cm³/mol. The Kier molecular flexibility index (Phi) is 5.15. The highest BCUT2D eigenvalue weighted by molar-refractivity contribution is 7.93. The molecule has 0 aliphatic carbocycles.